The van der Waals surface area contributed by atoms with Crippen LogP contribution in [0.4, 0.5) is 4.79 Å². The van der Waals surface area contributed by atoms with E-state index in [1.54, 1.807) is 0 Å². The zero-order valence-corrected chi connectivity index (χ0v) is 12.2. The highest BCUT2D eigenvalue weighted by Gasteiger charge is 2.39. The fourth-order valence-electron chi connectivity index (χ4n) is 2.19. The van der Waals surface area contributed by atoms with Gasteiger partial charge in [-0.1, -0.05) is 13.8 Å². The van der Waals surface area contributed by atoms with Crippen LogP contribution in [0.1, 0.15) is 34.1 Å². The van der Waals surface area contributed by atoms with Crippen molar-refractivity contribution in [3.05, 3.63) is 0 Å². The molecule has 0 saturated carbocycles. The van der Waals surface area contributed by atoms with E-state index in [1.807, 2.05) is 13.8 Å². The second-order valence-electron chi connectivity index (χ2n) is 5.17. The number of carboxylic acid groups (broad SMARTS) is 1. The largest absolute Gasteiger partial charge is 0.480 e. The Labute approximate surface area is 112 Å². The lowest BCUT2D eigenvalue weighted by Crippen LogP contribution is -2.51. The number of rotatable bonds is 4. The number of amides is 2. The van der Waals surface area contributed by atoms with Gasteiger partial charge in [-0.25, -0.2) is 9.59 Å². The monoisotopic (exact) mass is 274 g/mol. The normalized spacial score (nSPS) is 25.3. The second-order valence-corrected chi connectivity index (χ2v) is 6.52. The number of nitrogens with one attached hydrogen (secondary N) is 1. The smallest absolute Gasteiger partial charge is 0.327 e. The number of hydrogen-bond donors (Lipinski definition) is 2. The Morgan fingerprint density at radius 3 is 2.56 bits per heavy atom. The number of aliphatic carboxylic acids is 1. The fraction of sp³-hybridized carbons (Fsp3) is 0.833. The Hall–Kier alpha value is -0.910. The minimum Gasteiger partial charge on any atom is -0.480 e. The van der Waals surface area contributed by atoms with E-state index in [9.17, 15) is 9.59 Å². The van der Waals surface area contributed by atoms with Crippen molar-refractivity contribution in [1.82, 2.24) is 10.2 Å². The van der Waals surface area contributed by atoms with Gasteiger partial charge in [0.1, 0.15) is 6.04 Å². The number of hydrogen-bond acceptors (Lipinski definition) is 3. The van der Waals surface area contributed by atoms with Gasteiger partial charge in [-0.05, 0) is 26.2 Å². The first-order chi connectivity index (χ1) is 8.32. The quantitative estimate of drug-likeness (QED) is 0.822. The van der Waals surface area contributed by atoms with E-state index in [4.69, 9.17) is 5.11 Å². The van der Waals surface area contributed by atoms with Gasteiger partial charge in [0.05, 0.1) is 5.37 Å². The summed E-state index contributed by atoms with van der Waals surface area (Å²) in [5.74, 6) is 0.0297. The molecule has 18 heavy (non-hydrogen) atoms. The Morgan fingerprint density at radius 1 is 1.44 bits per heavy atom. The second kappa shape index (κ2) is 6.31. The summed E-state index contributed by atoms with van der Waals surface area (Å²) in [6.45, 7) is 8.00. The van der Waals surface area contributed by atoms with Crippen LogP contribution in [-0.4, -0.2) is 45.2 Å². The third kappa shape index (κ3) is 3.80. The zero-order valence-electron chi connectivity index (χ0n) is 11.3. The molecule has 1 heterocycles. The number of thioether (sulfide) groups is 1. The molecule has 6 heteroatoms. The molecule has 0 aromatic heterocycles. The lowest BCUT2D eigenvalue weighted by atomic mass is 10.1. The summed E-state index contributed by atoms with van der Waals surface area (Å²) < 4.78 is 0. The van der Waals surface area contributed by atoms with Gasteiger partial charge < -0.3 is 10.4 Å². The van der Waals surface area contributed by atoms with Crippen LogP contribution in [0.2, 0.25) is 0 Å². The molecule has 0 radical (unpaired) electrons. The van der Waals surface area contributed by atoms with Gasteiger partial charge in [0, 0.05) is 11.8 Å². The lowest BCUT2D eigenvalue weighted by molar-refractivity contribution is -0.141. The third-order valence-corrected chi connectivity index (χ3v) is 4.15. The van der Waals surface area contributed by atoms with Crippen LogP contribution in [0, 0.1) is 5.92 Å². The van der Waals surface area contributed by atoms with Crippen molar-refractivity contribution >= 4 is 23.8 Å². The number of nitrogens with zero attached hydrogens (tertiary/aromatic N) is 1. The van der Waals surface area contributed by atoms with Crippen molar-refractivity contribution in [2.45, 2.75) is 51.6 Å². The van der Waals surface area contributed by atoms with Crippen molar-refractivity contribution in [2.24, 2.45) is 5.92 Å². The van der Waals surface area contributed by atoms with Gasteiger partial charge in [0.2, 0.25) is 0 Å². The predicted molar refractivity (Wildman–Crippen MR) is 72.6 cm³/mol. The van der Waals surface area contributed by atoms with Gasteiger partial charge in [-0.15, -0.1) is 11.8 Å². The van der Waals surface area contributed by atoms with Gasteiger partial charge in [-0.3, -0.25) is 4.90 Å². The summed E-state index contributed by atoms with van der Waals surface area (Å²) in [7, 11) is 0. The number of carbonyl (C=O) groups excluding carboxylic acids is 1. The molecule has 2 N–H and O–H groups in total. The predicted octanol–water partition coefficient (Wildman–Crippen LogP) is 1.98. The lowest BCUT2D eigenvalue weighted by Gasteiger charge is -2.27. The molecule has 0 aliphatic carbocycles. The molecule has 1 saturated heterocycles. The van der Waals surface area contributed by atoms with Gasteiger partial charge in [0.15, 0.2) is 0 Å². The molecule has 5 nitrogen and oxygen atoms in total. The van der Waals surface area contributed by atoms with Gasteiger partial charge >= 0.3 is 12.0 Å². The zero-order chi connectivity index (χ0) is 13.9. The standard InChI is InChI=1S/C12H22N2O3S/c1-7(2)5-8(3)13-12(17)14-9(4)18-6-10(14)11(15)16/h7-10H,5-6H2,1-4H3,(H,13,17)(H,15,16). The van der Waals surface area contributed by atoms with Gasteiger partial charge in [-0.2, -0.15) is 0 Å². The first-order valence-electron chi connectivity index (χ1n) is 6.26. The summed E-state index contributed by atoms with van der Waals surface area (Å²) >= 11 is 1.50. The number of carbonyl (C=O) groups is 2. The van der Waals surface area contributed by atoms with E-state index in [0.29, 0.717) is 11.7 Å². The van der Waals surface area contributed by atoms with Crippen LogP contribution < -0.4 is 5.32 Å². The molecule has 0 spiro atoms. The first-order valence-corrected chi connectivity index (χ1v) is 7.31. The molecular weight excluding hydrogens is 252 g/mol. The van der Waals surface area contributed by atoms with E-state index < -0.39 is 12.0 Å². The van der Waals surface area contributed by atoms with E-state index >= 15 is 0 Å². The highest BCUT2D eigenvalue weighted by Crippen LogP contribution is 2.28. The molecule has 1 aliphatic heterocycles. The van der Waals surface area contributed by atoms with Crippen molar-refractivity contribution in [3.63, 3.8) is 0 Å². The van der Waals surface area contributed by atoms with Crippen LogP contribution >= 0.6 is 11.8 Å². The van der Waals surface area contributed by atoms with Crippen LogP contribution in [-0.2, 0) is 4.79 Å². The Balaban J connectivity index is 2.61. The molecule has 104 valence electrons. The maximum atomic E-state index is 12.1. The van der Waals surface area contributed by atoms with Crippen LogP contribution in [0.5, 0.6) is 0 Å². The Kier molecular flexibility index (Phi) is 5.31. The summed E-state index contributed by atoms with van der Waals surface area (Å²) in [6.07, 6.45) is 0.888. The topological polar surface area (TPSA) is 69.6 Å². The first kappa shape index (κ1) is 15.1. The van der Waals surface area contributed by atoms with Crippen molar-refractivity contribution in [3.8, 4) is 0 Å². The SMILES string of the molecule is CC(C)CC(C)NC(=O)N1C(C)SCC1C(=O)O. The molecule has 0 aromatic rings. The molecule has 0 aromatic carbocycles. The maximum Gasteiger partial charge on any atom is 0.327 e. The summed E-state index contributed by atoms with van der Waals surface area (Å²) in [5.41, 5.74) is 0. The molecule has 1 rings (SSSR count). The molecule has 1 aliphatic rings. The van der Waals surface area contributed by atoms with Crippen molar-refractivity contribution < 1.29 is 14.7 Å². The van der Waals surface area contributed by atoms with Gasteiger partial charge in [0.25, 0.3) is 0 Å². The summed E-state index contributed by atoms with van der Waals surface area (Å²) in [4.78, 5) is 24.6. The molecule has 2 amide bonds. The average Bonchev–Trinajstić information content (AvgIpc) is 2.58. The van der Waals surface area contributed by atoms with Crippen molar-refractivity contribution in [1.29, 1.82) is 0 Å². The van der Waals surface area contributed by atoms with E-state index in [0.717, 1.165) is 6.42 Å². The summed E-state index contributed by atoms with van der Waals surface area (Å²) in [5, 5.41) is 11.9. The Bertz CT molecular complexity index is 322. The maximum absolute atomic E-state index is 12.1. The molecule has 3 unspecified atom stereocenters. The highest BCUT2D eigenvalue weighted by atomic mass is 32.2. The summed E-state index contributed by atoms with van der Waals surface area (Å²) in [6, 6.07) is -0.922. The highest BCUT2D eigenvalue weighted by molar-refractivity contribution is 8.00. The van der Waals surface area contributed by atoms with E-state index in [1.165, 1.54) is 16.7 Å². The van der Waals surface area contributed by atoms with E-state index in [2.05, 4.69) is 19.2 Å². The Morgan fingerprint density at radius 2 is 2.06 bits per heavy atom. The molecule has 0 bridgehead atoms. The van der Waals surface area contributed by atoms with Crippen LogP contribution in [0.15, 0.2) is 0 Å². The van der Waals surface area contributed by atoms with Crippen molar-refractivity contribution in [2.75, 3.05) is 5.75 Å². The average molecular weight is 274 g/mol. The minimum absolute atomic E-state index is 0.0599. The molecular formula is C12H22N2O3S. The van der Waals surface area contributed by atoms with E-state index in [-0.39, 0.29) is 17.4 Å². The minimum atomic E-state index is -0.932. The van der Waals surface area contributed by atoms with Crippen LogP contribution in [0.25, 0.3) is 0 Å². The molecule has 3 atom stereocenters. The molecule has 1 fully saturated rings. The third-order valence-electron chi connectivity index (χ3n) is 2.94. The number of urea groups is 1. The number of carboxylic acids is 1. The van der Waals surface area contributed by atoms with Crippen LogP contribution in [0.3, 0.4) is 0 Å². The fourth-order valence-corrected chi connectivity index (χ4v) is 3.36.